The molecule has 0 aromatic carbocycles. The summed E-state index contributed by atoms with van der Waals surface area (Å²) in [6.45, 7) is 0. The van der Waals surface area contributed by atoms with E-state index in [4.69, 9.17) is 0 Å². The Balaban J connectivity index is 6.61. The van der Waals surface area contributed by atoms with Crippen molar-refractivity contribution in [1.29, 1.82) is 0 Å². The Labute approximate surface area is 158 Å². The average molecular weight is 654 g/mol. The fourth-order valence-corrected chi connectivity index (χ4v) is 1.82. The van der Waals surface area contributed by atoms with Crippen molar-refractivity contribution in [2.24, 2.45) is 0 Å². The second-order valence-electron chi connectivity index (χ2n) is 4.44. The molecule has 0 amide bonds. The van der Waals surface area contributed by atoms with Gasteiger partial charge in [-0.2, -0.15) is 65.9 Å². The molecule has 0 radical (unpaired) electrons. The van der Waals surface area contributed by atoms with E-state index < -0.39 is 43.4 Å². The zero-order valence-electron chi connectivity index (χ0n) is 10.8. The van der Waals surface area contributed by atoms with Crippen molar-refractivity contribution < 1.29 is 70.2 Å². The van der Waals surface area contributed by atoms with Gasteiger partial charge >= 0.3 is 41.7 Å². The van der Waals surface area contributed by atoms with Gasteiger partial charge in [0.15, 0.2) is 0 Å². The number of alkyl halides is 18. The SMILES string of the molecule is FC(F)(F)C(F)(F)C(F)(F)C(F)(F)C(F)(F)C(F)(F)C(F)(F)C(F)(I)I. The van der Waals surface area contributed by atoms with Gasteiger partial charge in [-0.15, -0.1) is 0 Å². The fourth-order valence-electron chi connectivity index (χ4n) is 1.14. The second kappa shape index (κ2) is 6.42. The Morgan fingerprint density at radius 3 is 0.692 bits per heavy atom. The van der Waals surface area contributed by atoms with Gasteiger partial charge in [0.05, 0.1) is 0 Å². The van der Waals surface area contributed by atoms with Gasteiger partial charge in [0.25, 0.3) is 1.68 Å². The third-order valence-electron chi connectivity index (χ3n) is 2.68. The van der Waals surface area contributed by atoms with E-state index in [2.05, 4.69) is 0 Å². The molecule has 0 N–H and O–H groups in total. The average Bonchev–Trinajstić information content (AvgIpc) is 2.34. The van der Waals surface area contributed by atoms with Crippen LogP contribution in [0.3, 0.4) is 0 Å². The summed E-state index contributed by atoms with van der Waals surface area (Å²) in [5, 5.41) is 0. The zero-order chi connectivity index (χ0) is 22.0. The molecule has 0 unspecified atom stereocenters. The minimum atomic E-state index is -8.40. The van der Waals surface area contributed by atoms with Gasteiger partial charge in [-0.25, -0.2) is 4.39 Å². The van der Waals surface area contributed by atoms with E-state index in [1.165, 1.54) is 0 Å². The number of hydrogen-bond acceptors (Lipinski definition) is 0. The predicted octanol–water partition coefficient (Wildman–Crippen LogP) is 6.85. The molecule has 0 aromatic rings. The van der Waals surface area contributed by atoms with Gasteiger partial charge in [0, 0.05) is 0 Å². The first kappa shape index (κ1) is 26.3. The molecule has 0 saturated heterocycles. The molecule has 0 heterocycles. The van der Waals surface area contributed by atoms with E-state index in [1.807, 2.05) is 0 Å². The Morgan fingerprint density at radius 1 is 0.308 bits per heavy atom. The Morgan fingerprint density at radius 2 is 0.500 bits per heavy atom. The maximum absolute atomic E-state index is 13.1. The molecule has 0 aliphatic rings. The molecule has 158 valence electrons. The van der Waals surface area contributed by atoms with Crippen molar-refractivity contribution in [3.63, 3.8) is 0 Å². The predicted molar refractivity (Wildman–Crippen MR) is 67.6 cm³/mol. The third-order valence-corrected chi connectivity index (χ3v) is 4.04. The van der Waals surface area contributed by atoms with Crippen LogP contribution in [0.4, 0.5) is 70.2 Å². The van der Waals surface area contributed by atoms with Crippen LogP contribution in [0, 0.1) is 0 Å². The summed E-state index contributed by atoms with van der Waals surface area (Å²) < 4.78 is 198. The quantitative estimate of drug-likeness (QED) is 0.167. The van der Waals surface area contributed by atoms with Crippen LogP contribution in [0.2, 0.25) is 0 Å². The maximum Gasteiger partial charge on any atom is 0.460 e. The lowest BCUT2D eigenvalue weighted by molar-refractivity contribution is -0.453. The van der Waals surface area contributed by atoms with Crippen molar-refractivity contribution in [1.82, 2.24) is 0 Å². The van der Waals surface area contributed by atoms with Crippen LogP contribution in [0.1, 0.15) is 0 Å². The molecule has 0 fully saturated rings. The van der Waals surface area contributed by atoms with Crippen LogP contribution < -0.4 is 0 Å². The first-order valence-electron chi connectivity index (χ1n) is 5.15. The molecular formula is C8F16I2. The summed E-state index contributed by atoms with van der Waals surface area (Å²) in [4.78, 5) is 0. The second-order valence-corrected chi connectivity index (χ2v) is 9.48. The van der Waals surface area contributed by atoms with E-state index in [-0.39, 0.29) is 45.2 Å². The van der Waals surface area contributed by atoms with Gasteiger partial charge < -0.3 is 0 Å². The van der Waals surface area contributed by atoms with Crippen molar-refractivity contribution >= 4 is 45.2 Å². The zero-order valence-corrected chi connectivity index (χ0v) is 15.1. The minimum Gasteiger partial charge on any atom is -0.214 e. The molecule has 0 atom stereocenters. The highest BCUT2D eigenvalue weighted by atomic mass is 127. The summed E-state index contributed by atoms with van der Waals surface area (Å²) in [7, 11) is 0. The highest BCUT2D eigenvalue weighted by Crippen LogP contribution is 2.65. The minimum absolute atomic E-state index is 0.341. The highest BCUT2D eigenvalue weighted by Gasteiger charge is 2.94. The van der Waals surface area contributed by atoms with Crippen LogP contribution in [0.25, 0.3) is 0 Å². The van der Waals surface area contributed by atoms with Crippen LogP contribution in [-0.2, 0) is 0 Å². The van der Waals surface area contributed by atoms with Gasteiger partial charge in [-0.05, 0) is 45.2 Å². The molecule has 18 heteroatoms. The third kappa shape index (κ3) is 3.30. The van der Waals surface area contributed by atoms with E-state index in [0.29, 0.717) is 0 Å². The van der Waals surface area contributed by atoms with E-state index in [1.54, 1.807) is 0 Å². The van der Waals surface area contributed by atoms with Gasteiger partial charge in [-0.3, -0.25) is 0 Å². The summed E-state index contributed by atoms with van der Waals surface area (Å²) in [6, 6.07) is 0. The summed E-state index contributed by atoms with van der Waals surface area (Å²) >= 11 is -0.682. The number of halogens is 18. The van der Waals surface area contributed by atoms with Crippen LogP contribution in [-0.4, -0.2) is 43.4 Å². The largest absolute Gasteiger partial charge is 0.460 e. The Hall–Kier alpha value is 0.340. The topological polar surface area (TPSA) is 0 Å². The van der Waals surface area contributed by atoms with Crippen molar-refractivity contribution in [2.45, 2.75) is 43.4 Å². The number of rotatable bonds is 6. The maximum atomic E-state index is 13.1. The molecule has 0 aliphatic heterocycles. The summed E-state index contributed by atoms with van der Waals surface area (Å²) in [6.07, 6.45) is -7.66. The highest BCUT2D eigenvalue weighted by molar-refractivity contribution is 14.2. The molecule has 0 nitrogen and oxygen atoms in total. The molecule has 0 aromatic heterocycles. The van der Waals surface area contributed by atoms with Gasteiger partial charge in [-0.1, -0.05) is 0 Å². The fraction of sp³-hybridized carbons (Fsp3) is 1.00. The standard InChI is InChI=1S/C8F16I2/c9-1(10,3(13,14)5(17,18)7(21,22)23)2(11,12)4(15,16)6(19,20)8(24,25)26. The van der Waals surface area contributed by atoms with E-state index >= 15 is 0 Å². The van der Waals surface area contributed by atoms with Crippen molar-refractivity contribution in [3.8, 4) is 0 Å². The molecule has 0 aliphatic carbocycles. The lowest BCUT2D eigenvalue weighted by Crippen LogP contribution is -2.73. The number of hydrogen-bond donors (Lipinski definition) is 0. The molecule has 0 spiro atoms. The van der Waals surface area contributed by atoms with Crippen molar-refractivity contribution in [2.75, 3.05) is 0 Å². The van der Waals surface area contributed by atoms with Crippen LogP contribution >= 0.6 is 45.2 Å². The lowest BCUT2D eigenvalue weighted by Gasteiger charge is -2.42. The van der Waals surface area contributed by atoms with E-state index in [0.717, 1.165) is 0 Å². The molecule has 0 bridgehead atoms. The van der Waals surface area contributed by atoms with Crippen molar-refractivity contribution in [3.05, 3.63) is 0 Å². The lowest BCUT2D eigenvalue weighted by atomic mass is 9.91. The van der Waals surface area contributed by atoms with E-state index in [9.17, 15) is 70.2 Å². The summed E-state index contributed by atoms with van der Waals surface area (Å²) in [5.41, 5.74) is 0. The molecule has 0 rings (SSSR count). The van der Waals surface area contributed by atoms with Crippen LogP contribution in [0.5, 0.6) is 0 Å². The molecular weight excluding hydrogens is 654 g/mol. The van der Waals surface area contributed by atoms with Gasteiger partial charge in [0.1, 0.15) is 0 Å². The molecule has 26 heavy (non-hydrogen) atoms. The monoisotopic (exact) mass is 654 g/mol. The van der Waals surface area contributed by atoms with Gasteiger partial charge in [0.2, 0.25) is 0 Å². The summed E-state index contributed by atoms with van der Waals surface area (Å²) in [5.74, 6) is -47.8. The Kier molecular flexibility index (Phi) is 6.51. The van der Waals surface area contributed by atoms with Crippen LogP contribution in [0.15, 0.2) is 0 Å². The molecule has 0 saturated carbocycles. The normalized spacial score (nSPS) is 16.8. The first-order valence-corrected chi connectivity index (χ1v) is 7.31. The first-order chi connectivity index (χ1) is 10.8. The Bertz CT molecular complexity index is 477. The smallest absolute Gasteiger partial charge is 0.214 e.